The lowest BCUT2D eigenvalue weighted by Gasteiger charge is -2.32. The fourth-order valence-corrected chi connectivity index (χ4v) is 4.76. The number of carbonyl (C=O) groups is 2. The monoisotopic (exact) mass is 445 g/mol. The van der Waals surface area contributed by atoms with Crippen LogP contribution in [0.15, 0.2) is 24.3 Å². The Labute approximate surface area is 187 Å². The van der Waals surface area contributed by atoms with Gasteiger partial charge in [-0.2, -0.15) is 0 Å². The van der Waals surface area contributed by atoms with Gasteiger partial charge in [0.05, 0.1) is 4.92 Å². The zero-order valence-corrected chi connectivity index (χ0v) is 18.4. The quantitative estimate of drug-likeness (QED) is 0.461. The molecule has 32 heavy (non-hydrogen) atoms. The van der Waals surface area contributed by atoms with Gasteiger partial charge in [-0.05, 0) is 24.8 Å². The molecule has 1 N–H and O–H groups in total. The van der Waals surface area contributed by atoms with Gasteiger partial charge in [-0.15, -0.1) is 0 Å². The first-order valence-electron chi connectivity index (χ1n) is 11.2. The van der Waals surface area contributed by atoms with Crippen molar-refractivity contribution >= 4 is 17.5 Å². The van der Waals surface area contributed by atoms with Gasteiger partial charge >= 0.3 is 0 Å². The van der Waals surface area contributed by atoms with Gasteiger partial charge in [0.15, 0.2) is 0 Å². The van der Waals surface area contributed by atoms with E-state index in [1.54, 1.807) is 17.0 Å². The largest absolute Gasteiger partial charge is 0.375 e. The Bertz CT molecular complexity index is 838. The molecule has 2 atom stereocenters. The molecule has 1 aromatic carbocycles. The Hall–Kier alpha value is -2.56. The lowest BCUT2D eigenvalue weighted by molar-refractivity contribution is -0.384. The van der Waals surface area contributed by atoms with Gasteiger partial charge in [-0.1, -0.05) is 12.1 Å². The maximum absolute atomic E-state index is 13.3. The molecule has 2 amide bonds. The molecule has 2 saturated heterocycles. The predicted molar refractivity (Wildman–Crippen MR) is 117 cm³/mol. The predicted octanol–water partition coefficient (Wildman–Crippen LogP) is 0.607. The van der Waals surface area contributed by atoms with Gasteiger partial charge in [0, 0.05) is 70.6 Å². The van der Waals surface area contributed by atoms with Crippen LogP contribution in [0.5, 0.6) is 0 Å². The highest BCUT2D eigenvalue weighted by molar-refractivity contribution is 5.89. The van der Waals surface area contributed by atoms with Crippen molar-refractivity contribution in [3.63, 3.8) is 0 Å². The maximum Gasteiger partial charge on any atom is 0.269 e. The maximum atomic E-state index is 13.3. The molecule has 3 fully saturated rings. The first kappa shape index (κ1) is 22.6. The number of nitro benzene ring substituents is 1. The molecule has 4 rings (SSSR count). The standard InChI is InChI=1S/C22H31N5O5/c1-32-15-21(28)26-14-19(12-20(26)22(29)24-10-8-23-9-11-24)25(17-6-7-17)13-16-2-4-18(5-3-16)27(30)31/h2-5,17,19-20,23H,6-15H2,1H3. The molecule has 1 aliphatic carbocycles. The SMILES string of the molecule is COCC(=O)N1CC(N(Cc2ccc([N+](=O)[O-])cc2)C2CC2)CC1C(=O)N1CCNCC1. The van der Waals surface area contributed by atoms with E-state index in [2.05, 4.69) is 10.2 Å². The molecule has 10 heteroatoms. The van der Waals surface area contributed by atoms with E-state index in [-0.39, 0.29) is 30.2 Å². The second kappa shape index (κ2) is 9.93. The van der Waals surface area contributed by atoms with Crippen LogP contribution >= 0.6 is 0 Å². The van der Waals surface area contributed by atoms with E-state index < -0.39 is 11.0 Å². The third kappa shape index (κ3) is 5.08. The van der Waals surface area contributed by atoms with Crippen molar-refractivity contribution in [2.24, 2.45) is 0 Å². The summed E-state index contributed by atoms with van der Waals surface area (Å²) >= 11 is 0. The smallest absolute Gasteiger partial charge is 0.269 e. The van der Waals surface area contributed by atoms with Crippen molar-refractivity contribution in [3.05, 3.63) is 39.9 Å². The van der Waals surface area contributed by atoms with Crippen molar-refractivity contribution in [1.82, 2.24) is 20.0 Å². The number of amides is 2. The number of hydrogen-bond donors (Lipinski definition) is 1. The van der Waals surface area contributed by atoms with Crippen molar-refractivity contribution in [2.45, 2.75) is 43.9 Å². The van der Waals surface area contributed by atoms with Crippen LogP contribution in [0, 0.1) is 10.1 Å². The van der Waals surface area contributed by atoms with Crippen LogP contribution in [0.25, 0.3) is 0 Å². The van der Waals surface area contributed by atoms with Crippen molar-refractivity contribution in [1.29, 1.82) is 0 Å². The van der Waals surface area contributed by atoms with Crippen LogP contribution < -0.4 is 5.32 Å². The van der Waals surface area contributed by atoms with Gasteiger partial charge in [0.1, 0.15) is 12.6 Å². The highest BCUT2D eigenvalue weighted by Crippen LogP contribution is 2.35. The first-order valence-corrected chi connectivity index (χ1v) is 11.2. The molecule has 174 valence electrons. The molecule has 2 heterocycles. The molecule has 10 nitrogen and oxygen atoms in total. The molecular weight excluding hydrogens is 414 g/mol. The molecular formula is C22H31N5O5. The van der Waals surface area contributed by atoms with Crippen LogP contribution in [0.3, 0.4) is 0 Å². The molecule has 0 spiro atoms. The molecule has 0 aromatic heterocycles. The molecule has 2 aliphatic heterocycles. The lowest BCUT2D eigenvalue weighted by atomic mass is 10.1. The fourth-order valence-electron chi connectivity index (χ4n) is 4.76. The molecule has 0 bridgehead atoms. The summed E-state index contributed by atoms with van der Waals surface area (Å²) in [5.41, 5.74) is 1.07. The normalized spacial score (nSPS) is 23.6. The van der Waals surface area contributed by atoms with Gasteiger partial charge in [0.2, 0.25) is 11.8 Å². The minimum Gasteiger partial charge on any atom is -0.375 e. The summed E-state index contributed by atoms with van der Waals surface area (Å²) in [5.74, 6) is -0.140. The summed E-state index contributed by atoms with van der Waals surface area (Å²) in [7, 11) is 1.49. The molecule has 0 radical (unpaired) electrons. The van der Waals surface area contributed by atoms with E-state index in [1.165, 1.54) is 19.2 Å². The van der Waals surface area contributed by atoms with Crippen LogP contribution in [-0.2, 0) is 20.9 Å². The van der Waals surface area contributed by atoms with E-state index in [4.69, 9.17) is 4.74 Å². The molecule has 2 unspecified atom stereocenters. The van der Waals surface area contributed by atoms with Crippen molar-refractivity contribution < 1.29 is 19.2 Å². The number of benzene rings is 1. The zero-order chi connectivity index (χ0) is 22.7. The Kier molecular flexibility index (Phi) is 7.02. The second-order valence-electron chi connectivity index (χ2n) is 8.79. The lowest BCUT2D eigenvalue weighted by Crippen LogP contribution is -2.53. The summed E-state index contributed by atoms with van der Waals surface area (Å²) in [6.45, 7) is 3.94. The minimum absolute atomic E-state index is 0.0181. The average molecular weight is 446 g/mol. The number of carbonyl (C=O) groups excluding carboxylic acids is 2. The highest BCUT2D eigenvalue weighted by Gasteiger charge is 2.46. The van der Waals surface area contributed by atoms with Crippen LogP contribution in [0.1, 0.15) is 24.8 Å². The summed E-state index contributed by atoms with van der Waals surface area (Å²) in [6.07, 6.45) is 2.78. The Morgan fingerprint density at radius 1 is 1.19 bits per heavy atom. The molecule has 1 saturated carbocycles. The Morgan fingerprint density at radius 3 is 2.47 bits per heavy atom. The number of piperazine rings is 1. The fraction of sp³-hybridized carbons (Fsp3) is 0.636. The number of nitrogens with one attached hydrogen (secondary N) is 1. The minimum atomic E-state index is -0.473. The Morgan fingerprint density at radius 2 is 1.88 bits per heavy atom. The van der Waals surface area contributed by atoms with Crippen LogP contribution in [0.2, 0.25) is 0 Å². The first-order chi connectivity index (χ1) is 15.5. The highest BCUT2D eigenvalue weighted by atomic mass is 16.6. The summed E-state index contributed by atoms with van der Waals surface area (Å²) < 4.78 is 5.08. The van der Waals surface area contributed by atoms with Gasteiger partial charge < -0.3 is 19.9 Å². The zero-order valence-electron chi connectivity index (χ0n) is 18.4. The number of nitro groups is 1. The van der Waals surface area contributed by atoms with Crippen LogP contribution in [0.4, 0.5) is 5.69 Å². The number of methoxy groups -OCH3 is 1. The third-order valence-electron chi connectivity index (χ3n) is 6.58. The summed E-state index contributed by atoms with van der Waals surface area (Å²) in [5, 5.41) is 14.2. The topological polar surface area (TPSA) is 108 Å². The van der Waals surface area contributed by atoms with Crippen LogP contribution in [-0.4, -0.2) is 96.0 Å². The average Bonchev–Trinajstić information content (AvgIpc) is 3.55. The second-order valence-corrected chi connectivity index (χ2v) is 8.79. The van der Waals surface area contributed by atoms with Crippen molar-refractivity contribution in [3.8, 4) is 0 Å². The number of hydrogen-bond acceptors (Lipinski definition) is 7. The third-order valence-corrected chi connectivity index (χ3v) is 6.58. The van der Waals surface area contributed by atoms with Gasteiger partial charge in [-0.3, -0.25) is 24.6 Å². The van der Waals surface area contributed by atoms with E-state index in [9.17, 15) is 19.7 Å². The summed E-state index contributed by atoms with van der Waals surface area (Å²) in [6, 6.07) is 6.65. The number of ether oxygens (including phenoxy) is 1. The number of nitrogens with zero attached hydrogens (tertiary/aromatic N) is 4. The van der Waals surface area contributed by atoms with E-state index >= 15 is 0 Å². The van der Waals surface area contributed by atoms with Gasteiger partial charge in [0.25, 0.3) is 5.69 Å². The number of non-ortho nitro benzene ring substituents is 1. The number of rotatable bonds is 8. The van der Waals surface area contributed by atoms with E-state index in [0.29, 0.717) is 38.6 Å². The van der Waals surface area contributed by atoms with Gasteiger partial charge in [-0.25, -0.2) is 0 Å². The summed E-state index contributed by atoms with van der Waals surface area (Å²) in [4.78, 5) is 42.6. The number of likely N-dealkylation sites (tertiary alicyclic amines) is 1. The van der Waals surface area contributed by atoms with Crippen molar-refractivity contribution in [2.75, 3.05) is 46.4 Å². The molecule has 1 aromatic rings. The van der Waals surface area contributed by atoms with E-state index in [1.807, 2.05) is 4.90 Å². The van der Waals surface area contributed by atoms with E-state index in [0.717, 1.165) is 31.5 Å². The molecule has 3 aliphatic rings. The Balaban J connectivity index is 1.50.